The lowest BCUT2D eigenvalue weighted by Crippen LogP contribution is -2.12. The Morgan fingerprint density at radius 1 is 1.00 bits per heavy atom. The van der Waals surface area contributed by atoms with Crippen molar-refractivity contribution in [2.24, 2.45) is 0 Å². The lowest BCUT2D eigenvalue weighted by molar-refractivity contribution is 0.0696. The molecule has 2 rings (SSSR count). The average Bonchev–Trinajstić information content (AvgIpc) is 2.85. The van der Waals surface area contributed by atoms with Crippen molar-refractivity contribution in [1.29, 1.82) is 0 Å². The summed E-state index contributed by atoms with van der Waals surface area (Å²) in [6, 6.07) is 6.45. The number of amides is 1. The molecular formula is C13H8ClNO5S. The lowest BCUT2D eigenvalue weighted by Gasteiger charge is -2.06. The number of carboxylic acid groups (broad SMARTS) is 2. The minimum Gasteiger partial charge on any atom is -0.478 e. The number of carbonyl (C=O) groups is 3. The molecule has 3 N–H and O–H groups in total. The van der Waals surface area contributed by atoms with Gasteiger partial charge >= 0.3 is 11.9 Å². The summed E-state index contributed by atoms with van der Waals surface area (Å²) in [5.41, 5.74) is -0.370. The van der Waals surface area contributed by atoms with E-state index in [1.54, 1.807) is 6.07 Å². The van der Waals surface area contributed by atoms with Gasteiger partial charge in [-0.2, -0.15) is 0 Å². The molecule has 0 saturated carbocycles. The van der Waals surface area contributed by atoms with Crippen molar-refractivity contribution >= 4 is 46.5 Å². The van der Waals surface area contributed by atoms with E-state index < -0.39 is 17.8 Å². The molecule has 0 radical (unpaired) electrons. The number of hydrogen-bond donors (Lipinski definition) is 3. The first kappa shape index (κ1) is 15.0. The van der Waals surface area contributed by atoms with E-state index in [1.807, 2.05) is 0 Å². The van der Waals surface area contributed by atoms with Crippen LogP contribution >= 0.6 is 22.9 Å². The third-order valence-corrected chi connectivity index (χ3v) is 3.71. The SMILES string of the molecule is O=C(O)c1cc(NC(=O)c2ccc(Cl)s2)cc(C(=O)O)c1. The Morgan fingerprint density at radius 3 is 2.00 bits per heavy atom. The van der Waals surface area contributed by atoms with E-state index in [0.29, 0.717) is 9.21 Å². The fraction of sp³-hybridized carbons (Fsp3) is 0. The molecular weight excluding hydrogens is 318 g/mol. The molecule has 0 aliphatic carbocycles. The molecule has 108 valence electrons. The van der Waals surface area contributed by atoms with Gasteiger partial charge in [-0.05, 0) is 30.3 Å². The van der Waals surface area contributed by atoms with Gasteiger partial charge in [0.25, 0.3) is 5.91 Å². The zero-order chi connectivity index (χ0) is 15.6. The van der Waals surface area contributed by atoms with Crippen molar-refractivity contribution < 1.29 is 24.6 Å². The zero-order valence-electron chi connectivity index (χ0n) is 10.3. The highest BCUT2D eigenvalue weighted by Gasteiger charge is 2.14. The molecule has 0 atom stereocenters. The monoisotopic (exact) mass is 325 g/mol. The molecule has 2 aromatic rings. The number of rotatable bonds is 4. The van der Waals surface area contributed by atoms with Crippen LogP contribution in [0.25, 0.3) is 0 Å². The van der Waals surface area contributed by atoms with Crippen LogP contribution in [0.4, 0.5) is 5.69 Å². The van der Waals surface area contributed by atoms with Crippen molar-refractivity contribution in [2.75, 3.05) is 5.32 Å². The summed E-state index contributed by atoms with van der Waals surface area (Å²) in [6.07, 6.45) is 0. The smallest absolute Gasteiger partial charge is 0.335 e. The van der Waals surface area contributed by atoms with Gasteiger partial charge in [-0.3, -0.25) is 4.79 Å². The number of benzene rings is 1. The molecule has 0 aliphatic rings. The number of aromatic carboxylic acids is 2. The van der Waals surface area contributed by atoms with Crippen molar-refractivity contribution in [2.45, 2.75) is 0 Å². The normalized spacial score (nSPS) is 10.1. The number of hydrogen-bond acceptors (Lipinski definition) is 4. The second-order valence-electron chi connectivity index (χ2n) is 3.97. The average molecular weight is 326 g/mol. The fourth-order valence-corrected chi connectivity index (χ4v) is 2.51. The van der Waals surface area contributed by atoms with Crippen LogP contribution in [-0.4, -0.2) is 28.1 Å². The topological polar surface area (TPSA) is 104 Å². The fourth-order valence-electron chi connectivity index (χ4n) is 1.58. The molecule has 0 unspecified atom stereocenters. The van der Waals surface area contributed by atoms with Crippen molar-refractivity contribution in [3.8, 4) is 0 Å². The molecule has 1 aromatic heterocycles. The Bertz CT molecular complexity index is 708. The third kappa shape index (κ3) is 3.59. The van der Waals surface area contributed by atoms with E-state index in [4.69, 9.17) is 21.8 Å². The van der Waals surface area contributed by atoms with E-state index in [9.17, 15) is 14.4 Å². The van der Waals surface area contributed by atoms with Crippen molar-refractivity contribution in [3.05, 3.63) is 50.7 Å². The first-order chi connectivity index (χ1) is 9.86. The van der Waals surface area contributed by atoms with E-state index in [2.05, 4.69) is 5.32 Å². The molecule has 0 spiro atoms. The highest BCUT2D eigenvalue weighted by atomic mass is 35.5. The summed E-state index contributed by atoms with van der Waals surface area (Å²) in [4.78, 5) is 34.2. The van der Waals surface area contributed by atoms with Crippen LogP contribution in [0.3, 0.4) is 0 Å². The highest BCUT2D eigenvalue weighted by Crippen LogP contribution is 2.23. The van der Waals surface area contributed by atoms with Gasteiger partial charge in [0.15, 0.2) is 0 Å². The Morgan fingerprint density at radius 2 is 1.57 bits per heavy atom. The first-order valence-electron chi connectivity index (χ1n) is 5.55. The Kier molecular flexibility index (Phi) is 4.25. The molecule has 6 nitrogen and oxygen atoms in total. The van der Waals surface area contributed by atoms with Crippen LogP contribution in [0.2, 0.25) is 4.34 Å². The second kappa shape index (κ2) is 5.94. The maximum absolute atomic E-state index is 11.9. The van der Waals surface area contributed by atoms with Crippen LogP contribution in [-0.2, 0) is 0 Å². The highest BCUT2D eigenvalue weighted by molar-refractivity contribution is 7.18. The predicted molar refractivity (Wildman–Crippen MR) is 77.6 cm³/mol. The summed E-state index contributed by atoms with van der Waals surface area (Å²) >= 11 is 6.78. The van der Waals surface area contributed by atoms with Crippen LogP contribution in [0.5, 0.6) is 0 Å². The summed E-state index contributed by atoms with van der Waals surface area (Å²) < 4.78 is 0.436. The number of carbonyl (C=O) groups excluding carboxylic acids is 1. The summed E-state index contributed by atoms with van der Waals surface area (Å²) in [5.74, 6) is -3.06. The molecule has 0 bridgehead atoms. The van der Waals surface area contributed by atoms with Crippen LogP contribution in [0.15, 0.2) is 30.3 Å². The van der Waals surface area contributed by atoms with E-state index in [-0.39, 0.29) is 16.8 Å². The Balaban J connectivity index is 2.32. The molecule has 0 aliphatic heterocycles. The van der Waals surface area contributed by atoms with Crippen LogP contribution in [0, 0.1) is 0 Å². The molecule has 1 amide bonds. The largest absolute Gasteiger partial charge is 0.478 e. The van der Waals surface area contributed by atoms with Gasteiger partial charge in [0.1, 0.15) is 0 Å². The number of carboxylic acids is 2. The van der Waals surface area contributed by atoms with Gasteiger partial charge in [0.05, 0.1) is 20.3 Å². The lowest BCUT2D eigenvalue weighted by atomic mass is 10.1. The van der Waals surface area contributed by atoms with Crippen molar-refractivity contribution in [3.63, 3.8) is 0 Å². The molecule has 8 heteroatoms. The number of halogens is 1. The van der Waals surface area contributed by atoms with Gasteiger partial charge in [0, 0.05) is 5.69 Å². The van der Waals surface area contributed by atoms with Gasteiger partial charge in [-0.15, -0.1) is 11.3 Å². The van der Waals surface area contributed by atoms with Gasteiger partial charge in [0.2, 0.25) is 0 Å². The minimum atomic E-state index is -1.28. The standard InChI is InChI=1S/C13H8ClNO5S/c14-10-2-1-9(21-10)11(16)15-8-4-6(12(17)18)3-7(5-8)13(19)20/h1-5H,(H,15,16)(H,17,18)(H,19,20). The summed E-state index contributed by atoms with van der Waals surface area (Å²) in [6.45, 7) is 0. The van der Waals surface area contributed by atoms with Crippen LogP contribution < -0.4 is 5.32 Å². The van der Waals surface area contributed by atoms with E-state index >= 15 is 0 Å². The minimum absolute atomic E-state index is 0.0850. The van der Waals surface area contributed by atoms with Gasteiger partial charge in [-0.1, -0.05) is 11.6 Å². The Labute approximate surface area is 127 Å². The van der Waals surface area contributed by atoms with Gasteiger partial charge in [-0.25, -0.2) is 9.59 Å². The van der Waals surface area contributed by atoms with Crippen LogP contribution in [0.1, 0.15) is 30.4 Å². The third-order valence-electron chi connectivity index (χ3n) is 2.48. The van der Waals surface area contributed by atoms with E-state index in [1.165, 1.54) is 18.2 Å². The summed E-state index contributed by atoms with van der Waals surface area (Å²) in [5, 5.41) is 20.3. The molecule has 1 heterocycles. The summed E-state index contributed by atoms with van der Waals surface area (Å²) in [7, 11) is 0. The first-order valence-corrected chi connectivity index (χ1v) is 6.74. The zero-order valence-corrected chi connectivity index (χ0v) is 11.9. The second-order valence-corrected chi connectivity index (χ2v) is 5.68. The van der Waals surface area contributed by atoms with Crippen molar-refractivity contribution in [1.82, 2.24) is 0 Å². The maximum atomic E-state index is 11.9. The quantitative estimate of drug-likeness (QED) is 0.801. The maximum Gasteiger partial charge on any atom is 0.335 e. The molecule has 21 heavy (non-hydrogen) atoms. The number of anilines is 1. The number of nitrogens with one attached hydrogen (secondary N) is 1. The molecule has 0 saturated heterocycles. The predicted octanol–water partition coefficient (Wildman–Crippen LogP) is 3.05. The molecule has 0 fully saturated rings. The van der Waals surface area contributed by atoms with Gasteiger partial charge < -0.3 is 15.5 Å². The Hall–Kier alpha value is -2.38. The molecule has 1 aromatic carbocycles. The van der Waals surface area contributed by atoms with E-state index in [0.717, 1.165) is 17.4 Å². The number of thiophene rings is 1.